The summed E-state index contributed by atoms with van der Waals surface area (Å²) in [4.78, 5) is 18.4. The molecule has 0 saturated carbocycles. The molecule has 1 aromatic heterocycles. The van der Waals surface area contributed by atoms with E-state index in [0.717, 1.165) is 0 Å². The van der Waals surface area contributed by atoms with Crippen LogP contribution >= 0.6 is 0 Å². The molecule has 1 rings (SSSR count). The van der Waals surface area contributed by atoms with Crippen LogP contribution < -0.4 is 11.1 Å². The van der Waals surface area contributed by atoms with Gasteiger partial charge in [0, 0.05) is 0 Å². The number of aromatic nitrogens is 2. The molecule has 1 aromatic rings. The summed E-state index contributed by atoms with van der Waals surface area (Å²) in [7, 11) is 1.31. The van der Waals surface area contributed by atoms with Gasteiger partial charge in [0.2, 0.25) is 0 Å². The maximum Gasteiger partial charge on any atom is 0.325 e. The smallest absolute Gasteiger partial charge is 0.325 e. The topological polar surface area (TPSA) is 90.1 Å². The molecule has 3 N–H and O–H groups in total. The number of carbonyl (C=O) groups excluding carboxylic acids is 1. The Hall–Kier alpha value is -1.85. The minimum Gasteiger partial charge on any atom is -0.468 e. The van der Waals surface area contributed by atoms with Crippen molar-refractivity contribution in [1.82, 2.24) is 9.97 Å². The number of nitrogens with one attached hydrogen (secondary N) is 1. The SMILES string of the molecule is COC(=O)CNc1cncc(N)n1. The number of methoxy groups -OCH3 is 1. The van der Waals surface area contributed by atoms with E-state index in [9.17, 15) is 4.79 Å². The van der Waals surface area contributed by atoms with Crippen molar-refractivity contribution in [3.8, 4) is 0 Å². The van der Waals surface area contributed by atoms with E-state index in [1.54, 1.807) is 0 Å². The van der Waals surface area contributed by atoms with Crippen molar-refractivity contribution in [3.05, 3.63) is 12.4 Å². The largest absolute Gasteiger partial charge is 0.468 e. The quantitative estimate of drug-likeness (QED) is 0.620. The van der Waals surface area contributed by atoms with Gasteiger partial charge in [0.15, 0.2) is 0 Å². The van der Waals surface area contributed by atoms with Gasteiger partial charge < -0.3 is 15.8 Å². The summed E-state index contributed by atoms with van der Waals surface area (Å²) >= 11 is 0. The fourth-order valence-electron chi connectivity index (χ4n) is 0.701. The van der Waals surface area contributed by atoms with Gasteiger partial charge in [-0.05, 0) is 0 Å². The Morgan fingerprint density at radius 2 is 2.46 bits per heavy atom. The molecule has 0 spiro atoms. The second-order valence-electron chi connectivity index (χ2n) is 2.26. The van der Waals surface area contributed by atoms with E-state index in [2.05, 4.69) is 20.0 Å². The Labute approximate surface area is 75.1 Å². The second kappa shape index (κ2) is 4.24. The highest BCUT2D eigenvalue weighted by Gasteiger charge is 2.00. The summed E-state index contributed by atoms with van der Waals surface area (Å²) in [5.41, 5.74) is 5.37. The monoisotopic (exact) mass is 182 g/mol. The van der Waals surface area contributed by atoms with Crippen molar-refractivity contribution in [2.24, 2.45) is 0 Å². The second-order valence-corrected chi connectivity index (χ2v) is 2.26. The van der Waals surface area contributed by atoms with E-state index in [0.29, 0.717) is 11.6 Å². The predicted octanol–water partition coefficient (Wildman–Crippen LogP) is -0.356. The number of nitrogens with two attached hydrogens (primary N) is 1. The molecule has 0 amide bonds. The molecule has 0 aliphatic heterocycles. The number of hydrogen-bond acceptors (Lipinski definition) is 6. The van der Waals surface area contributed by atoms with Crippen LogP contribution in [0, 0.1) is 0 Å². The predicted molar refractivity (Wildman–Crippen MR) is 47.0 cm³/mol. The van der Waals surface area contributed by atoms with Gasteiger partial charge in [-0.2, -0.15) is 0 Å². The van der Waals surface area contributed by atoms with Crippen LogP contribution in [0.4, 0.5) is 11.6 Å². The highest BCUT2D eigenvalue weighted by Crippen LogP contribution is 2.01. The number of anilines is 2. The summed E-state index contributed by atoms with van der Waals surface area (Å²) in [6.45, 7) is 0.0502. The lowest BCUT2D eigenvalue weighted by Gasteiger charge is -2.03. The van der Waals surface area contributed by atoms with E-state index in [4.69, 9.17) is 5.73 Å². The van der Waals surface area contributed by atoms with Crippen LogP contribution in [-0.4, -0.2) is 29.6 Å². The zero-order chi connectivity index (χ0) is 9.68. The van der Waals surface area contributed by atoms with Crippen molar-refractivity contribution in [2.75, 3.05) is 24.7 Å². The zero-order valence-corrected chi connectivity index (χ0v) is 7.15. The minimum absolute atomic E-state index is 0.0502. The summed E-state index contributed by atoms with van der Waals surface area (Å²) in [5.74, 6) is 0.379. The average Bonchev–Trinajstić information content (AvgIpc) is 2.14. The van der Waals surface area contributed by atoms with E-state index >= 15 is 0 Å². The molecular formula is C7H10N4O2. The van der Waals surface area contributed by atoms with Gasteiger partial charge in [-0.15, -0.1) is 0 Å². The van der Waals surface area contributed by atoms with Gasteiger partial charge in [0.05, 0.1) is 19.5 Å². The minimum atomic E-state index is -0.371. The van der Waals surface area contributed by atoms with Crippen LogP contribution in [0.3, 0.4) is 0 Å². The van der Waals surface area contributed by atoms with Crippen LogP contribution in [0.2, 0.25) is 0 Å². The van der Waals surface area contributed by atoms with Crippen LogP contribution in [0.1, 0.15) is 0 Å². The number of carbonyl (C=O) groups is 1. The van der Waals surface area contributed by atoms with E-state index in [1.807, 2.05) is 0 Å². The first-order valence-electron chi connectivity index (χ1n) is 3.60. The molecule has 13 heavy (non-hydrogen) atoms. The Balaban J connectivity index is 2.50. The van der Waals surface area contributed by atoms with Gasteiger partial charge in [-0.1, -0.05) is 0 Å². The third-order valence-electron chi connectivity index (χ3n) is 1.29. The Morgan fingerprint density at radius 3 is 3.08 bits per heavy atom. The van der Waals surface area contributed by atoms with Crippen LogP contribution in [-0.2, 0) is 9.53 Å². The number of esters is 1. The maximum atomic E-state index is 10.7. The van der Waals surface area contributed by atoms with Gasteiger partial charge in [0.1, 0.15) is 18.2 Å². The molecule has 70 valence electrons. The normalized spacial score (nSPS) is 9.31. The number of rotatable bonds is 3. The molecule has 0 radical (unpaired) electrons. The van der Waals surface area contributed by atoms with Gasteiger partial charge in [0.25, 0.3) is 0 Å². The standard InChI is InChI=1S/C7H10N4O2/c1-13-7(12)4-10-6-3-9-2-5(8)11-6/h2-3H,4H2,1H3,(H3,8,10,11). The lowest BCUT2D eigenvalue weighted by molar-refractivity contribution is -0.138. The third kappa shape index (κ3) is 2.94. The van der Waals surface area contributed by atoms with Crippen LogP contribution in [0.5, 0.6) is 0 Å². The molecule has 0 fully saturated rings. The Bertz CT molecular complexity index is 302. The van der Waals surface area contributed by atoms with Gasteiger partial charge in [-0.25, -0.2) is 4.98 Å². The van der Waals surface area contributed by atoms with Gasteiger partial charge in [-0.3, -0.25) is 9.78 Å². The number of nitrogens with zero attached hydrogens (tertiary/aromatic N) is 2. The summed E-state index contributed by atoms with van der Waals surface area (Å²) in [6, 6.07) is 0. The lowest BCUT2D eigenvalue weighted by atomic mass is 10.6. The molecule has 0 saturated heterocycles. The van der Waals surface area contributed by atoms with Crippen molar-refractivity contribution < 1.29 is 9.53 Å². The highest BCUT2D eigenvalue weighted by atomic mass is 16.5. The Kier molecular flexibility index (Phi) is 3.02. The van der Waals surface area contributed by atoms with Crippen molar-refractivity contribution in [3.63, 3.8) is 0 Å². The molecule has 6 nitrogen and oxygen atoms in total. The Morgan fingerprint density at radius 1 is 1.69 bits per heavy atom. The first-order valence-corrected chi connectivity index (χ1v) is 3.60. The molecule has 6 heteroatoms. The van der Waals surface area contributed by atoms with Crippen molar-refractivity contribution in [2.45, 2.75) is 0 Å². The molecule has 0 aliphatic rings. The zero-order valence-electron chi connectivity index (χ0n) is 7.15. The summed E-state index contributed by atoms with van der Waals surface area (Å²) < 4.78 is 4.42. The van der Waals surface area contributed by atoms with Crippen LogP contribution in [0.25, 0.3) is 0 Å². The fraction of sp³-hybridized carbons (Fsp3) is 0.286. The van der Waals surface area contributed by atoms with E-state index < -0.39 is 0 Å². The lowest BCUT2D eigenvalue weighted by Crippen LogP contribution is -2.16. The first kappa shape index (κ1) is 9.24. The first-order chi connectivity index (χ1) is 6.22. The number of hydrogen-bond donors (Lipinski definition) is 2. The van der Waals surface area contributed by atoms with Crippen LogP contribution in [0.15, 0.2) is 12.4 Å². The fourth-order valence-corrected chi connectivity index (χ4v) is 0.701. The number of ether oxygens (including phenoxy) is 1. The average molecular weight is 182 g/mol. The molecule has 0 aromatic carbocycles. The molecule has 0 aliphatic carbocycles. The molecule has 0 unspecified atom stereocenters. The van der Waals surface area contributed by atoms with Crippen molar-refractivity contribution >= 4 is 17.6 Å². The van der Waals surface area contributed by atoms with Gasteiger partial charge >= 0.3 is 5.97 Å². The number of nitrogen functional groups attached to an aromatic ring is 1. The summed E-state index contributed by atoms with van der Waals surface area (Å²) in [6.07, 6.45) is 2.89. The van der Waals surface area contributed by atoms with E-state index in [1.165, 1.54) is 19.5 Å². The summed E-state index contributed by atoms with van der Waals surface area (Å²) in [5, 5.41) is 2.71. The van der Waals surface area contributed by atoms with Crippen molar-refractivity contribution in [1.29, 1.82) is 0 Å². The van der Waals surface area contributed by atoms with E-state index in [-0.39, 0.29) is 12.5 Å². The molecule has 0 atom stereocenters. The highest BCUT2D eigenvalue weighted by molar-refractivity contribution is 5.74. The molecule has 1 heterocycles. The molecular weight excluding hydrogens is 172 g/mol. The third-order valence-corrected chi connectivity index (χ3v) is 1.29. The molecule has 0 bridgehead atoms. The maximum absolute atomic E-state index is 10.7.